The molecular formula is C49H32N2. The zero-order chi connectivity index (χ0) is 33.7. The summed E-state index contributed by atoms with van der Waals surface area (Å²) in [5.41, 5.74) is 11.6. The van der Waals surface area contributed by atoms with Crippen LogP contribution in [0.25, 0.3) is 93.8 Å². The van der Waals surface area contributed by atoms with Crippen LogP contribution in [0.3, 0.4) is 0 Å². The Kier molecular flexibility index (Phi) is 6.85. The molecule has 0 unspecified atom stereocenters. The first-order chi connectivity index (χ1) is 25.3. The fraction of sp³-hybridized carbons (Fsp3) is 0. The first-order valence-electron chi connectivity index (χ1n) is 17.5. The van der Waals surface area contributed by atoms with Crippen LogP contribution in [0.1, 0.15) is 0 Å². The Morgan fingerprint density at radius 1 is 0.333 bits per heavy atom. The molecule has 0 saturated heterocycles. The van der Waals surface area contributed by atoms with Crippen LogP contribution in [0.2, 0.25) is 0 Å². The molecule has 238 valence electrons. The highest BCUT2D eigenvalue weighted by Crippen LogP contribution is 2.44. The van der Waals surface area contributed by atoms with Crippen LogP contribution in [-0.2, 0) is 0 Å². The molecule has 0 atom stereocenters. The molecule has 2 heteroatoms. The first kappa shape index (κ1) is 29.2. The molecule has 0 fully saturated rings. The van der Waals surface area contributed by atoms with Gasteiger partial charge >= 0.3 is 0 Å². The van der Waals surface area contributed by atoms with Gasteiger partial charge in [-0.2, -0.15) is 0 Å². The highest BCUT2D eigenvalue weighted by Gasteiger charge is 2.18. The maximum atomic E-state index is 5.11. The lowest BCUT2D eigenvalue weighted by atomic mass is 9.85. The lowest BCUT2D eigenvalue weighted by Crippen LogP contribution is -1.97. The van der Waals surface area contributed by atoms with E-state index in [1.165, 1.54) is 60.1 Å². The van der Waals surface area contributed by atoms with Crippen molar-refractivity contribution in [2.75, 3.05) is 0 Å². The predicted molar refractivity (Wildman–Crippen MR) is 215 cm³/mol. The number of nitrogens with zero attached hydrogens (tertiary/aromatic N) is 2. The molecule has 0 spiro atoms. The van der Waals surface area contributed by atoms with E-state index in [0.29, 0.717) is 0 Å². The van der Waals surface area contributed by atoms with Crippen LogP contribution < -0.4 is 0 Å². The second-order valence-corrected chi connectivity index (χ2v) is 13.2. The summed E-state index contributed by atoms with van der Waals surface area (Å²) in [6.07, 6.45) is 0. The molecule has 0 aliphatic carbocycles. The number of aromatic nitrogens is 2. The Balaban J connectivity index is 1.12. The van der Waals surface area contributed by atoms with Crippen LogP contribution in [-0.4, -0.2) is 9.55 Å². The Morgan fingerprint density at radius 2 is 0.843 bits per heavy atom. The summed E-state index contributed by atoms with van der Waals surface area (Å²) in [6, 6.07) is 69.9. The van der Waals surface area contributed by atoms with Gasteiger partial charge in [0, 0.05) is 11.3 Å². The van der Waals surface area contributed by atoms with E-state index >= 15 is 0 Å². The van der Waals surface area contributed by atoms with Crippen LogP contribution in [0.5, 0.6) is 0 Å². The Bertz CT molecular complexity index is 2830. The van der Waals surface area contributed by atoms with Gasteiger partial charge in [-0.1, -0.05) is 164 Å². The maximum Gasteiger partial charge on any atom is 0.145 e. The number of imidazole rings is 1. The third-order valence-corrected chi connectivity index (χ3v) is 10.2. The van der Waals surface area contributed by atoms with Crippen molar-refractivity contribution in [1.82, 2.24) is 9.55 Å². The number of para-hydroxylation sites is 1. The molecule has 2 nitrogen and oxygen atoms in total. The third kappa shape index (κ3) is 4.92. The molecule has 1 aromatic heterocycles. The van der Waals surface area contributed by atoms with Crippen molar-refractivity contribution >= 4 is 43.4 Å². The van der Waals surface area contributed by atoms with Crippen LogP contribution >= 0.6 is 0 Å². The zero-order valence-electron chi connectivity index (χ0n) is 27.9. The molecule has 1 heterocycles. The monoisotopic (exact) mass is 648 g/mol. The highest BCUT2D eigenvalue weighted by atomic mass is 15.1. The molecule has 0 saturated carbocycles. The van der Waals surface area contributed by atoms with Crippen molar-refractivity contribution in [2.24, 2.45) is 0 Å². The Morgan fingerprint density at radius 3 is 1.51 bits per heavy atom. The second-order valence-electron chi connectivity index (χ2n) is 13.2. The fourth-order valence-corrected chi connectivity index (χ4v) is 7.80. The quantitative estimate of drug-likeness (QED) is 0.170. The van der Waals surface area contributed by atoms with Gasteiger partial charge in [0.25, 0.3) is 0 Å². The number of benzene rings is 9. The number of hydrogen-bond donors (Lipinski definition) is 0. The van der Waals surface area contributed by atoms with Crippen molar-refractivity contribution < 1.29 is 0 Å². The van der Waals surface area contributed by atoms with Gasteiger partial charge in [0.2, 0.25) is 0 Å². The van der Waals surface area contributed by atoms with E-state index < -0.39 is 0 Å². The van der Waals surface area contributed by atoms with Crippen molar-refractivity contribution in [3.63, 3.8) is 0 Å². The number of fused-ring (bicyclic) bond motifs is 4. The minimum absolute atomic E-state index is 0.940. The molecule has 51 heavy (non-hydrogen) atoms. The summed E-state index contributed by atoms with van der Waals surface area (Å²) < 4.78 is 2.28. The average molecular weight is 649 g/mol. The summed E-state index contributed by atoms with van der Waals surface area (Å²) in [6.45, 7) is 0. The first-order valence-corrected chi connectivity index (χ1v) is 17.5. The van der Waals surface area contributed by atoms with Gasteiger partial charge in [0.05, 0.1) is 11.0 Å². The van der Waals surface area contributed by atoms with Crippen LogP contribution in [0.4, 0.5) is 0 Å². The van der Waals surface area contributed by atoms with Crippen molar-refractivity contribution in [2.45, 2.75) is 0 Å². The highest BCUT2D eigenvalue weighted by molar-refractivity contribution is 6.21. The molecule has 9 aromatic carbocycles. The van der Waals surface area contributed by atoms with Gasteiger partial charge in [-0.3, -0.25) is 4.57 Å². The molecule has 0 amide bonds. The van der Waals surface area contributed by atoms with E-state index in [2.05, 4.69) is 193 Å². The van der Waals surface area contributed by atoms with Crippen LogP contribution in [0.15, 0.2) is 194 Å². The second kappa shape index (κ2) is 12.0. The Hall–Kier alpha value is -6.77. The fourth-order valence-electron chi connectivity index (χ4n) is 7.80. The molecule has 10 aromatic rings. The maximum absolute atomic E-state index is 5.11. The minimum Gasteiger partial charge on any atom is -0.292 e. The van der Waals surface area contributed by atoms with Gasteiger partial charge in [-0.15, -0.1) is 0 Å². The standard InChI is InChI=1S/C49H32N2/c1-3-14-36(15-4-1)49-50-45-30-29-38(32-46(45)51(49)40-17-5-2-6-18-40)34-23-26-35(27-24-34)47-41-19-9-11-21-43(41)48(44-22-12-10-20-42(44)47)39-28-25-33-13-7-8-16-37(33)31-39/h1-32H. The Labute approximate surface area is 296 Å². The van der Waals surface area contributed by atoms with E-state index in [0.717, 1.165) is 33.7 Å². The number of hydrogen-bond acceptors (Lipinski definition) is 1. The lowest BCUT2D eigenvalue weighted by molar-refractivity contribution is 1.10. The number of rotatable bonds is 5. The molecule has 0 N–H and O–H groups in total. The molecule has 0 aliphatic rings. The largest absolute Gasteiger partial charge is 0.292 e. The summed E-state index contributed by atoms with van der Waals surface area (Å²) in [7, 11) is 0. The average Bonchev–Trinajstić information content (AvgIpc) is 3.59. The molecule has 10 rings (SSSR count). The smallest absolute Gasteiger partial charge is 0.145 e. The molecular weight excluding hydrogens is 617 g/mol. The van der Waals surface area contributed by atoms with Gasteiger partial charge in [-0.25, -0.2) is 4.98 Å². The van der Waals surface area contributed by atoms with Crippen molar-refractivity contribution in [3.8, 4) is 50.5 Å². The summed E-state index contributed by atoms with van der Waals surface area (Å²) in [5.74, 6) is 0.940. The molecule has 0 radical (unpaired) electrons. The zero-order valence-corrected chi connectivity index (χ0v) is 27.9. The third-order valence-electron chi connectivity index (χ3n) is 10.2. The SMILES string of the molecule is c1ccc(-c2nc3ccc(-c4ccc(-c5c6ccccc6c(-c6ccc7ccccc7c6)c6ccccc56)cc4)cc3n2-c2ccccc2)cc1. The molecule has 0 bridgehead atoms. The predicted octanol–water partition coefficient (Wildman–Crippen LogP) is 13.2. The molecule has 0 aliphatic heterocycles. The van der Waals surface area contributed by atoms with E-state index in [1.54, 1.807) is 0 Å². The summed E-state index contributed by atoms with van der Waals surface area (Å²) in [4.78, 5) is 5.11. The summed E-state index contributed by atoms with van der Waals surface area (Å²) in [5, 5.41) is 7.55. The minimum atomic E-state index is 0.940. The van der Waals surface area contributed by atoms with E-state index in [-0.39, 0.29) is 0 Å². The van der Waals surface area contributed by atoms with Gasteiger partial charge < -0.3 is 0 Å². The van der Waals surface area contributed by atoms with Gasteiger partial charge in [0.15, 0.2) is 0 Å². The van der Waals surface area contributed by atoms with Crippen LogP contribution in [0, 0.1) is 0 Å². The van der Waals surface area contributed by atoms with E-state index in [9.17, 15) is 0 Å². The van der Waals surface area contributed by atoms with E-state index in [1.807, 2.05) is 6.07 Å². The lowest BCUT2D eigenvalue weighted by Gasteiger charge is -2.18. The van der Waals surface area contributed by atoms with Gasteiger partial charge in [0.1, 0.15) is 5.82 Å². The topological polar surface area (TPSA) is 17.8 Å². The normalized spacial score (nSPS) is 11.5. The summed E-state index contributed by atoms with van der Waals surface area (Å²) >= 11 is 0. The van der Waals surface area contributed by atoms with Crippen molar-refractivity contribution in [1.29, 1.82) is 0 Å². The van der Waals surface area contributed by atoms with Crippen molar-refractivity contribution in [3.05, 3.63) is 194 Å². The van der Waals surface area contributed by atoms with E-state index in [4.69, 9.17) is 4.98 Å². The van der Waals surface area contributed by atoms with Gasteiger partial charge in [-0.05, 0) is 96.0 Å².